The van der Waals surface area contributed by atoms with Crippen LogP contribution in [0.4, 0.5) is 0 Å². The van der Waals surface area contributed by atoms with E-state index in [9.17, 15) is 66.4 Å². The van der Waals surface area contributed by atoms with Crippen molar-refractivity contribution in [3.8, 4) is 0 Å². The Labute approximate surface area is 409 Å². The van der Waals surface area contributed by atoms with Crippen molar-refractivity contribution in [1.29, 1.82) is 0 Å². The predicted molar refractivity (Wildman–Crippen MR) is 251 cm³/mol. The Bertz CT molecular complexity index is 1780. The molecule has 0 spiro atoms. The smallest absolute Gasteiger partial charge is 0.124 e. The minimum absolute atomic E-state index is 0.273. The van der Waals surface area contributed by atoms with Crippen LogP contribution in [0.5, 0.6) is 0 Å². The molecule has 0 saturated carbocycles. The van der Waals surface area contributed by atoms with Gasteiger partial charge in [-0.1, -0.05) is 20.8 Å². The lowest BCUT2D eigenvalue weighted by Crippen LogP contribution is -2.85. The second-order valence-electron chi connectivity index (χ2n) is 24.8. The third kappa shape index (κ3) is 9.20. The molecule has 13 unspecified atom stereocenters. The highest BCUT2D eigenvalue weighted by Crippen LogP contribution is 2.56. The van der Waals surface area contributed by atoms with Crippen molar-refractivity contribution in [3.05, 3.63) is 0 Å². The van der Waals surface area contributed by atoms with Crippen LogP contribution in [0.1, 0.15) is 132 Å². The van der Waals surface area contributed by atoms with Crippen LogP contribution in [-0.2, 0) is 33.2 Å². The van der Waals surface area contributed by atoms with Crippen LogP contribution in [0.25, 0.3) is 0 Å². The standard InChI is InChI=1S/C49H94O20/c1-31(54)34(4,21-50)67-40(10,44(14,57)33(2,3)25-64-30-42(12)48(18,61)49(19,62)47(17,60)39(9,24-53)69-42)28-63-20-32-35(5,22-51)68-41(11,46(16,59)43(32,13)56)29-65-26-36(6)38(8,23-52)66-27-37(7,55)45(36,15)58/h31-32,50-62H,20-30H2,1-19H3/t31?,32-,34?,35?,36-,37?,38?,39?,40-,41-,42-,43?,44?,45?,46?,47?,48?,49?/m1/s1. The molecule has 13 N–H and O–H groups in total. The summed E-state index contributed by atoms with van der Waals surface area (Å²) in [6, 6.07) is 0. The zero-order chi connectivity index (χ0) is 54.4. The average molecular weight is 1000 g/mol. The third-order valence-corrected chi connectivity index (χ3v) is 19.4. The van der Waals surface area contributed by atoms with E-state index in [2.05, 4.69) is 0 Å². The van der Waals surface area contributed by atoms with E-state index in [1.54, 1.807) is 27.7 Å². The highest BCUT2D eigenvalue weighted by atomic mass is 16.6. The molecule has 0 amide bonds. The highest BCUT2D eigenvalue weighted by molar-refractivity contribution is 5.24. The Kier molecular flexibility index (Phi) is 17.0. The van der Waals surface area contributed by atoms with Gasteiger partial charge in [0.2, 0.25) is 0 Å². The first-order chi connectivity index (χ1) is 30.5. The van der Waals surface area contributed by atoms with Gasteiger partial charge in [-0.25, -0.2) is 0 Å². The van der Waals surface area contributed by atoms with Gasteiger partial charge in [0, 0.05) is 11.3 Å². The van der Waals surface area contributed by atoms with Crippen LogP contribution < -0.4 is 0 Å². The van der Waals surface area contributed by atoms with E-state index in [0.29, 0.717) is 0 Å². The summed E-state index contributed by atoms with van der Waals surface area (Å²) in [4.78, 5) is 0. The Morgan fingerprint density at radius 1 is 0.565 bits per heavy atom. The van der Waals surface area contributed by atoms with Gasteiger partial charge in [0.05, 0.1) is 95.4 Å². The van der Waals surface area contributed by atoms with Gasteiger partial charge in [-0.15, -0.1) is 0 Å². The first kappa shape index (κ1) is 62.5. The molecular weight excluding hydrogens is 909 g/mol. The summed E-state index contributed by atoms with van der Waals surface area (Å²) in [5, 5.41) is 149. The van der Waals surface area contributed by atoms with Crippen molar-refractivity contribution >= 4 is 0 Å². The number of hydrogen-bond donors (Lipinski definition) is 13. The molecule has 3 rings (SSSR count). The second-order valence-corrected chi connectivity index (χ2v) is 24.8. The fourth-order valence-electron chi connectivity index (χ4n) is 10.8. The largest absolute Gasteiger partial charge is 0.393 e. The molecule has 3 heterocycles. The molecule has 3 fully saturated rings. The third-order valence-electron chi connectivity index (χ3n) is 19.4. The van der Waals surface area contributed by atoms with Gasteiger partial charge in [-0.05, 0) is 111 Å². The van der Waals surface area contributed by atoms with Crippen molar-refractivity contribution in [2.45, 2.75) is 222 Å². The van der Waals surface area contributed by atoms with Gasteiger partial charge in [-0.2, -0.15) is 0 Å². The van der Waals surface area contributed by atoms with Crippen LogP contribution in [0.2, 0.25) is 0 Å². The monoisotopic (exact) mass is 1000 g/mol. The highest BCUT2D eigenvalue weighted by Gasteiger charge is 2.75. The summed E-state index contributed by atoms with van der Waals surface area (Å²) in [6.07, 6.45) is -1.29. The predicted octanol–water partition coefficient (Wildman–Crippen LogP) is -0.539. The van der Waals surface area contributed by atoms with Crippen molar-refractivity contribution < 1.29 is 99.5 Å². The van der Waals surface area contributed by atoms with Gasteiger partial charge in [-0.3, -0.25) is 0 Å². The van der Waals surface area contributed by atoms with Crippen LogP contribution in [0.3, 0.4) is 0 Å². The lowest BCUT2D eigenvalue weighted by atomic mass is 9.57. The first-order valence-electron chi connectivity index (χ1n) is 23.9. The van der Waals surface area contributed by atoms with E-state index in [0.717, 1.165) is 0 Å². The molecular formula is C49H94O20. The van der Waals surface area contributed by atoms with Gasteiger partial charge in [0.25, 0.3) is 0 Å². The van der Waals surface area contributed by atoms with E-state index in [1.165, 1.54) is 104 Å². The summed E-state index contributed by atoms with van der Waals surface area (Å²) in [5.74, 6) is -1.21. The Balaban J connectivity index is 1.97. The minimum atomic E-state index is -2.24. The molecule has 3 saturated heterocycles. The van der Waals surface area contributed by atoms with E-state index in [4.69, 9.17) is 33.2 Å². The van der Waals surface area contributed by atoms with Gasteiger partial charge >= 0.3 is 0 Å². The maximum Gasteiger partial charge on any atom is 0.124 e. The van der Waals surface area contributed by atoms with Crippen molar-refractivity contribution in [2.24, 2.45) is 16.7 Å². The van der Waals surface area contributed by atoms with Crippen molar-refractivity contribution in [1.82, 2.24) is 0 Å². The van der Waals surface area contributed by atoms with E-state index in [-0.39, 0.29) is 19.8 Å². The first-order valence-corrected chi connectivity index (χ1v) is 23.9. The Morgan fingerprint density at radius 2 is 1.04 bits per heavy atom. The van der Waals surface area contributed by atoms with E-state index >= 15 is 0 Å². The molecule has 3 aliphatic rings. The Hall–Kier alpha value is -0.800. The van der Waals surface area contributed by atoms with Gasteiger partial charge in [0.15, 0.2) is 0 Å². The molecule has 410 valence electrons. The molecule has 20 nitrogen and oxygen atoms in total. The van der Waals surface area contributed by atoms with E-state index in [1.807, 2.05) is 0 Å². The minimum Gasteiger partial charge on any atom is -0.393 e. The van der Waals surface area contributed by atoms with Crippen molar-refractivity contribution in [3.63, 3.8) is 0 Å². The summed E-state index contributed by atoms with van der Waals surface area (Å²) in [5.41, 5.74) is -31.2. The quantitative estimate of drug-likeness (QED) is 0.0687. The lowest BCUT2D eigenvalue weighted by molar-refractivity contribution is -0.408. The number of aliphatic hydroxyl groups is 13. The topological polar surface area (TPSA) is 328 Å². The number of ether oxygens (including phenoxy) is 7. The zero-order valence-corrected chi connectivity index (χ0v) is 45.1. The van der Waals surface area contributed by atoms with Crippen LogP contribution in [-0.4, -0.2) is 229 Å². The number of hydrogen-bond acceptors (Lipinski definition) is 20. The number of rotatable bonds is 21. The maximum absolute atomic E-state index is 12.8. The van der Waals surface area contributed by atoms with Gasteiger partial charge < -0.3 is 99.5 Å². The lowest BCUT2D eigenvalue weighted by Gasteiger charge is -2.65. The molecule has 3 aliphatic heterocycles. The van der Waals surface area contributed by atoms with Crippen LogP contribution in [0, 0.1) is 16.7 Å². The maximum atomic E-state index is 12.8. The van der Waals surface area contributed by atoms with Gasteiger partial charge in [0.1, 0.15) is 72.8 Å². The Morgan fingerprint density at radius 3 is 1.51 bits per heavy atom. The van der Waals surface area contributed by atoms with Crippen LogP contribution in [0.15, 0.2) is 0 Å². The number of aliphatic hydroxyl groups excluding tert-OH is 5. The molecule has 18 atom stereocenters. The van der Waals surface area contributed by atoms with Crippen LogP contribution >= 0.6 is 0 Å². The molecule has 0 aromatic carbocycles. The fraction of sp³-hybridized carbons (Fsp3) is 1.00. The summed E-state index contributed by atoms with van der Waals surface area (Å²) < 4.78 is 44.0. The summed E-state index contributed by atoms with van der Waals surface area (Å²) in [6.45, 7) is 22.1. The fourth-order valence-corrected chi connectivity index (χ4v) is 10.8. The molecule has 0 aromatic rings. The second kappa shape index (κ2) is 18.8. The molecule has 20 heteroatoms. The molecule has 69 heavy (non-hydrogen) atoms. The van der Waals surface area contributed by atoms with E-state index < -0.39 is 160 Å². The molecule has 0 radical (unpaired) electrons. The summed E-state index contributed by atoms with van der Waals surface area (Å²) >= 11 is 0. The summed E-state index contributed by atoms with van der Waals surface area (Å²) in [7, 11) is 0. The normalized spacial score (nSPS) is 48.6. The zero-order valence-electron chi connectivity index (χ0n) is 45.1. The molecule has 0 aromatic heterocycles. The molecule has 0 aliphatic carbocycles. The average Bonchev–Trinajstić information content (AvgIpc) is 3.21. The SMILES string of the molecule is CC(O)C(C)(CO)O[C@](C)(COC[C@@H]1C(C)(CO)O[C@](C)(COC[C@]2(C)C(C)(CO)OCC(C)(O)C2(C)O)C(C)(O)C1(C)O)C(C)(O)C(C)(C)COC[C@@]1(C)OC(C)(CO)C(C)(O)C(C)(O)C1(C)O. The molecule has 0 bridgehead atoms. The van der Waals surface area contributed by atoms with Crippen molar-refractivity contribution in [2.75, 3.05) is 72.7 Å².